The van der Waals surface area contributed by atoms with Gasteiger partial charge in [0.05, 0.1) is 16.1 Å². The van der Waals surface area contributed by atoms with E-state index in [-0.39, 0.29) is 0 Å². The molecule has 0 aliphatic carbocycles. The maximum Gasteiger partial charge on any atom is 0.417 e. The van der Waals surface area contributed by atoms with Gasteiger partial charge in [0.1, 0.15) is 5.69 Å². The number of hydrogen-bond acceptors (Lipinski definition) is 3. The van der Waals surface area contributed by atoms with Crippen LogP contribution in [0.5, 0.6) is 0 Å². The molecule has 1 amide bonds. The van der Waals surface area contributed by atoms with Gasteiger partial charge >= 0.3 is 6.18 Å². The van der Waals surface area contributed by atoms with Gasteiger partial charge in [0.15, 0.2) is 11.5 Å². The average Bonchev–Trinajstić information content (AvgIpc) is 2.79. The Balaban J connectivity index is 2.81. The summed E-state index contributed by atoms with van der Waals surface area (Å²) < 4.78 is 52.6. The summed E-state index contributed by atoms with van der Waals surface area (Å²) in [4.78, 5) is 11.1. The molecular weight excluding hydrogens is 304 g/mol. The number of aromatic amines is 1. The predicted molar refractivity (Wildman–Crippen MR) is 60.3 cm³/mol. The first-order chi connectivity index (χ1) is 9.23. The van der Waals surface area contributed by atoms with E-state index in [1.807, 2.05) is 5.21 Å². The molecule has 3 N–H and O–H groups in total. The van der Waals surface area contributed by atoms with Crippen LogP contribution in [-0.4, -0.2) is 21.3 Å². The molecule has 0 bridgehead atoms. The number of aromatic nitrogens is 3. The molecule has 0 aliphatic rings. The molecule has 0 saturated heterocycles. The van der Waals surface area contributed by atoms with Crippen LogP contribution in [0.25, 0.3) is 11.3 Å². The van der Waals surface area contributed by atoms with Crippen molar-refractivity contribution in [1.29, 1.82) is 0 Å². The third kappa shape index (κ3) is 2.31. The number of H-pyrrole nitrogens is 1. The van der Waals surface area contributed by atoms with E-state index >= 15 is 0 Å². The summed E-state index contributed by atoms with van der Waals surface area (Å²) in [6.07, 6.45) is -4.87. The number of halogens is 5. The number of carbonyl (C=O) groups is 1. The van der Waals surface area contributed by atoms with Crippen LogP contribution in [0.3, 0.4) is 0 Å². The third-order valence-corrected chi connectivity index (χ3v) is 2.71. The SMILES string of the molecule is NC(=O)c1n[nH]nc1-c1c(C(F)(F)F)ccc(Cl)c1F. The zero-order chi connectivity index (χ0) is 15.1. The molecule has 5 nitrogen and oxygen atoms in total. The van der Waals surface area contributed by atoms with Crippen LogP contribution in [0.4, 0.5) is 17.6 Å². The lowest BCUT2D eigenvalue weighted by Crippen LogP contribution is -2.15. The lowest BCUT2D eigenvalue weighted by Gasteiger charge is -2.13. The van der Waals surface area contributed by atoms with Gasteiger partial charge in [-0.05, 0) is 12.1 Å². The predicted octanol–water partition coefficient (Wildman–Crippen LogP) is 2.38. The number of hydrogen-bond donors (Lipinski definition) is 2. The highest BCUT2D eigenvalue weighted by Gasteiger charge is 2.37. The van der Waals surface area contributed by atoms with E-state index in [0.717, 1.165) is 6.07 Å². The number of nitrogens with one attached hydrogen (secondary N) is 1. The van der Waals surface area contributed by atoms with Crippen molar-refractivity contribution in [3.05, 3.63) is 34.2 Å². The third-order valence-electron chi connectivity index (χ3n) is 2.42. The Kier molecular flexibility index (Phi) is 3.38. The highest BCUT2D eigenvalue weighted by atomic mass is 35.5. The second-order valence-corrected chi connectivity index (χ2v) is 4.07. The fraction of sp³-hybridized carbons (Fsp3) is 0.100. The number of nitrogens with zero attached hydrogens (tertiary/aromatic N) is 2. The molecule has 1 aromatic carbocycles. The van der Waals surface area contributed by atoms with E-state index in [1.165, 1.54) is 0 Å². The first-order valence-corrected chi connectivity index (χ1v) is 5.37. The van der Waals surface area contributed by atoms with Crippen LogP contribution in [0.1, 0.15) is 16.1 Å². The highest BCUT2D eigenvalue weighted by Crippen LogP contribution is 2.40. The van der Waals surface area contributed by atoms with E-state index < -0.39 is 45.4 Å². The lowest BCUT2D eigenvalue weighted by molar-refractivity contribution is -0.137. The summed E-state index contributed by atoms with van der Waals surface area (Å²) in [6, 6.07) is 1.34. The molecule has 0 radical (unpaired) electrons. The Bertz CT molecular complexity index is 682. The Labute approximate surface area is 113 Å². The number of amides is 1. The molecule has 0 atom stereocenters. The van der Waals surface area contributed by atoms with Gasteiger partial charge in [0, 0.05) is 0 Å². The first kappa shape index (κ1) is 14.3. The van der Waals surface area contributed by atoms with E-state index in [2.05, 4.69) is 10.2 Å². The van der Waals surface area contributed by atoms with Gasteiger partial charge in [-0.25, -0.2) is 4.39 Å². The summed E-state index contributed by atoms with van der Waals surface area (Å²) in [5, 5.41) is 8.02. The van der Waals surface area contributed by atoms with Crippen LogP contribution >= 0.6 is 11.6 Å². The summed E-state index contributed by atoms with van der Waals surface area (Å²) in [7, 11) is 0. The minimum absolute atomic E-state index is 0.550. The normalized spacial score (nSPS) is 11.7. The topological polar surface area (TPSA) is 84.7 Å². The highest BCUT2D eigenvalue weighted by molar-refractivity contribution is 6.31. The molecule has 0 spiro atoms. The van der Waals surface area contributed by atoms with Gasteiger partial charge in [0.2, 0.25) is 0 Å². The summed E-state index contributed by atoms with van der Waals surface area (Å²) in [5.41, 5.74) is 1.37. The molecule has 1 heterocycles. The number of primary amides is 1. The summed E-state index contributed by atoms with van der Waals surface area (Å²) in [6.45, 7) is 0. The monoisotopic (exact) mass is 308 g/mol. The lowest BCUT2D eigenvalue weighted by atomic mass is 10.0. The van der Waals surface area contributed by atoms with Gasteiger partial charge in [-0.15, -0.1) is 0 Å². The molecule has 106 valence electrons. The fourth-order valence-electron chi connectivity index (χ4n) is 1.60. The minimum atomic E-state index is -4.87. The Hall–Kier alpha value is -2.16. The van der Waals surface area contributed by atoms with Crippen LogP contribution < -0.4 is 5.73 Å². The number of benzene rings is 1. The van der Waals surface area contributed by atoms with Crippen LogP contribution in [0, 0.1) is 5.82 Å². The summed E-state index contributed by atoms with van der Waals surface area (Å²) >= 11 is 5.47. The molecule has 10 heteroatoms. The molecule has 0 aliphatic heterocycles. The van der Waals surface area contributed by atoms with E-state index in [4.69, 9.17) is 17.3 Å². The maximum atomic E-state index is 13.9. The Morgan fingerprint density at radius 1 is 1.30 bits per heavy atom. The zero-order valence-electron chi connectivity index (χ0n) is 9.42. The van der Waals surface area contributed by atoms with Crippen LogP contribution in [0.15, 0.2) is 12.1 Å². The van der Waals surface area contributed by atoms with Crippen molar-refractivity contribution in [3.8, 4) is 11.3 Å². The second-order valence-electron chi connectivity index (χ2n) is 3.67. The minimum Gasteiger partial charge on any atom is -0.364 e. The van der Waals surface area contributed by atoms with Gasteiger partial charge in [-0.2, -0.15) is 28.6 Å². The molecule has 1 aromatic heterocycles. The smallest absolute Gasteiger partial charge is 0.364 e. The molecule has 0 saturated carbocycles. The van der Waals surface area contributed by atoms with Gasteiger partial charge < -0.3 is 5.73 Å². The van der Waals surface area contributed by atoms with Crippen molar-refractivity contribution in [2.24, 2.45) is 5.73 Å². The second kappa shape index (κ2) is 4.75. The number of rotatable bonds is 2. The molecule has 20 heavy (non-hydrogen) atoms. The van der Waals surface area contributed by atoms with Gasteiger partial charge in [-0.3, -0.25) is 4.79 Å². The summed E-state index contributed by atoms with van der Waals surface area (Å²) in [5.74, 6) is -2.51. The number of carbonyl (C=O) groups excluding carboxylic acids is 1. The van der Waals surface area contributed by atoms with Crippen molar-refractivity contribution in [1.82, 2.24) is 15.4 Å². The van der Waals surface area contributed by atoms with Crippen LogP contribution in [0.2, 0.25) is 5.02 Å². The van der Waals surface area contributed by atoms with Crippen molar-refractivity contribution in [3.63, 3.8) is 0 Å². The van der Waals surface area contributed by atoms with Crippen molar-refractivity contribution >= 4 is 17.5 Å². The standard InChI is InChI=1S/C10H5ClF4N4O/c11-4-2-1-3(10(13,14)15)5(6(4)12)7-8(9(16)20)18-19-17-7/h1-2H,(H2,16,20)(H,17,18,19). The molecule has 2 rings (SSSR count). The van der Waals surface area contributed by atoms with Crippen molar-refractivity contribution < 1.29 is 22.4 Å². The van der Waals surface area contributed by atoms with Crippen LogP contribution in [-0.2, 0) is 6.18 Å². The Morgan fingerprint density at radius 2 is 1.95 bits per heavy atom. The van der Waals surface area contributed by atoms with Crippen molar-refractivity contribution in [2.45, 2.75) is 6.18 Å². The molecule has 2 aromatic rings. The molecule has 0 unspecified atom stereocenters. The number of alkyl halides is 3. The van der Waals surface area contributed by atoms with E-state index in [9.17, 15) is 22.4 Å². The average molecular weight is 309 g/mol. The van der Waals surface area contributed by atoms with E-state index in [1.54, 1.807) is 0 Å². The molecule has 0 fully saturated rings. The van der Waals surface area contributed by atoms with Crippen molar-refractivity contribution in [2.75, 3.05) is 0 Å². The maximum absolute atomic E-state index is 13.9. The van der Waals surface area contributed by atoms with E-state index in [0.29, 0.717) is 6.07 Å². The number of nitrogens with two attached hydrogens (primary N) is 1. The zero-order valence-corrected chi connectivity index (χ0v) is 10.2. The quantitative estimate of drug-likeness (QED) is 0.835. The Morgan fingerprint density at radius 3 is 2.50 bits per heavy atom. The largest absolute Gasteiger partial charge is 0.417 e. The molecular formula is C10H5ClF4N4O. The van der Waals surface area contributed by atoms with Gasteiger partial charge in [-0.1, -0.05) is 11.6 Å². The van der Waals surface area contributed by atoms with Gasteiger partial charge in [0.25, 0.3) is 5.91 Å². The fourth-order valence-corrected chi connectivity index (χ4v) is 1.75. The first-order valence-electron chi connectivity index (χ1n) is 4.99.